The van der Waals surface area contributed by atoms with Crippen molar-refractivity contribution < 1.29 is 17.9 Å². The van der Waals surface area contributed by atoms with Gasteiger partial charge in [-0.1, -0.05) is 32.0 Å². The van der Waals surface area contributed by atoms with E-state index in [1.54, 1.807) is 17.0 Å². The van der Waals surface area contributed by atoms with Crippen molar-refractivity contribution in [3.8, 4) is 5.75 Å². The summed E-state index contributed by atoms with van der Waals surface area (Å²) in [7, 11) is -3.50. The van der Waals surface area contributed by atoms with Crippen LogP contribution in [0.3, 0.4) is 0 Å². The van der Waals surface area contributed by atoms with Crippen molar-refractivity contribution in [2.45, 2.75) is 18.7 Å². The van der Waals surface area contributed by atoms with Crippen molar-refractivity contribution in [3.05, 3.63) is 54.6 Å². The fourth-order valence-corrected chi connectivity index (χ4v) is 4.97. The van der Waals surface area contributed by atoms with Gasteiger partial charge in [-0.3, -0.25) is 4.79 Å². The Bertz CT molecular complexity index is 921. The number of carbonyl (C=O) groups is 1. The number of sulfonamides is 1. The standard InChI is InChI=1S/C22H29N3O4S/c1-3-25(4-2)30(27,28)21-12-10-20(11-13-21)29-18-22(26)24-16-14-23(15-17-24)19-8-6-5-7-9-19/h5-13H,3-4,14-18H2,1-2H3. The second kappa shape index (κ2) is 9.95. The van der Waals surface area contributed by atoms with Crippen LogP contribution in [0.15, 0.2) is 59.5 Å². The number of hydrogen-bond acceptors (Lipinski definition) is 5. The summed E-state index contributed by atoms with van der Waals surface area (Å²) >= 11 is 0. The number of hydrogen-bond donors (Lipinski definition) is 0. The molecule has 0 saturated carbocycles. The summed E-state index contributed by atoms with van der Waals surface area (Å²) in [5.74, 6) is 0.410. The van der Waals surface area contributed by atoms with Crippen molar-refractivity contribution >= 4 is 21.6 Å². The maximum Gasteiger partial charge on any atom is 0.260 e. The van der Waals surface area contributed by atoms with Crippen molar-refractivity contribution in [1.29, 1.82) is 0 Å². The highest BCUT2D eigenvalue weighted by Gasteiger charge is 2.23. The molecular formula is C22H29N3O4S. The third kappa shape index (κ3) is 5.12. The highest BCUT2D eigenvalue weighted by atomic mass is 32.2. The number of benzene rings is 2. The molecule has 3 rings (SSSR count). The maximum atomic E-state index is 12.5. The number of piperazine rings is 1. The molecule has 1 aliphatic heterocycles. The van der Waals surface area contributed by atoms with E-state index in [2.05, 4.69) is 17.0 Å². The summed E-state index contributed by atoms with van der Waals surface area (Å²) in [5.41, 5.74) is 1.17. The molecule has 0 unspecified atom stereocenters. The van der Waals surface area contributed by atoms with Crippen LogP contribution in [0.25, 0.3) is 0 Å². The quantitative estimate of drug-likeness (QED) is 0.642. The molecule has 1 aliphatic rings. The molecule has 1 heterocycles. The monoisotopic (exact) mass is 431 g/mol. The lowest BCUT2D eigenvalue weighted by Gasteiger charge is -2.36. The summed E-state index contributed by atoms with van der Waals surface area (Å²) in [6.07, 6.45) is 0. The number of para-hydroxylation sites is 1. The predicted octanol–water partition coefficient (Wildman–Crippen LogP) is 2.44. The van der Waals surface area contributed by atoms with Crippen LogP contribution in [0.2, 0.25) is 0 Å². The Morgan fingerprint density at radius 2 is 1.53 bits per heavy atom. The molecule has 1 fully saturated rings. The van der Waals surface area contributed by atoms with Crippen molar-refractivity contribution in [3.63, 3.8) is 0 Å². The van der Waals surface area contributed by atoms with Gasteiger partial charge in [-0.15, -0.1) is 0 Å². The Kier molecular flexibility index (Phi) is 7.33. The van der Waals surface area contributed by atoms with Gasteiger partial charge in [0.1, 0.15) is 5.75 Å². The molecule has 0 aromatic heterocycles. The molecule has 30 heavy (non-hydrogen) atoms. The third-order valence-electron chi connectivity index (χ3n) is 5.28. The second-order valence-electron chi connectivity index (χ2n) is 7.05. The first-order valence-corrected chi connectivity index (χ1v) is 11.7. The summed E-state index contributed by atoms with van der Waals surface area (Å²) < 4.78 is 32.1. The average Bonchev–Trinajstić information content (AvgIpc) is 2.79. The average molecular weight is 432 g/mol. The van der Waals surface area contributed by atoms with Crippen LogP contribution in [-0.2, 0) is 14.8 Å². The van der Waals surface area contributed by atoms with Crippen molar-refractivity contribution in [1.82, 2.24) is 9.21 Å². The highest BCUT2D eigenvalue weighted by molar-refractivity contribution is 7.89. The number of amides is 1. The zero-order valence-corrected chi connectivity index (χ0v) is 18.3. The van der Waals surface area contributed by atoms with E-state index < -0.39 is 10.0 Å². The van der Waals surface area contributed by atoms with E-state index in [1.165, 1.54) is 22.1 Å². The summed E-state index contributed by atoms with van der Waals surface area (Å²) in [6.45, 7) is 7.27. The van der Waals surface area contributed by atoms with Gasteiger partial charge in [0.25, 0.3) is 5.91 Å². The van der Waals surface area contributed by atoms with Crippen LogP contribution in [0.5, 0.6) is 5.75 Å². The van der Waals surface area contributed by atoms with E-state index in [-0.39, 0.29) is 17.4 Å². The van der Waals surface area contributed by atoms with E-state index in [4.69, 9.17) is 4.74 Å². The number of nitrogens with zero attached hydrogens (tertiary/aromatic N) is 3. The molecule has 0 atom stereocenters. The van der Waals surface area contributed by atoms with Gasteiger partial charge < -0.3 is 14.5 Å². The minimum atomic E-state index is -3.50. The summed E-state index contributed by atoms with van der Waals surface area (Å²) in [6, 6.07) is 16.4. The fraction of sp³-hybridized carbons (Fsp3) is 0.409. The first-order valence-electron chi connectivity index (χ1n) is 10.3. The number of anilines is 1. The minimum Gasteiger partial charge on any atom is -0.484 e. The third-order valence-corrected chi connectivity index (χ3v) is 7.35. The molecule has 0 aliphatic carbocycles. The lowest BCUT2D eigenvalue weighted by Crippen LogP contribution is -2.50. The molecule has 2 aromatic carbocycles. The van der Waals surface area contributed by atoms with E-state index in [0.717, 1.165) is 13.1 Å². The van der Waals surface area contributed by atoms with Gasteiger partial charge in [-0.05, 0) is 36.4 Å². The molecule has 0 N–H and O–H groups in total. The number of ether oxygens (including phenoxy) is 1. The van der Waals surface area contributed by atoms with Crippen molar-refractivity contribution in [2.75, 3.05) is 50.8 Å². The highest BCUT2D eigenvalue weighted by Crippen LogP contribution is 2.20. The van der Waals surface area contributed by atoms with Gasteiger partial charge in [0, 0.05) is 45.0 Å². The molecule has 0 bridgehead atoms. The molecule has 7 nitrogen and oxygen atoms in total. The lowest BCUT2D eigenvalue weighted by atomic mass is 10.2. The Morgan fingerprint density at radius 3 is 2.10 bits per heavy atom. The Morgan fingerprint density at radius 1 is 0.933 bits per heavy atom. The largest absolute Gasteiger partial charge is 0.484 e. The topological polar surface area (TPSA) is 70.2 Å². The normalized spacial score (nSPS) is 14.8. The van der Waals surface area contributed by atoms with Crippen LogP contribution in [0.4, 0.5) is 5.69 Å². The SMILES string of the molecule is CCN(CC)S(=O)(=O)c1ccc(OCC(=O)N2CCN(c3ccccc3)CC2)cc1. The molecule has 1 saturated heterocycles. The number of carbonyl (C=O) groups excluding carboxylic acids is 1. The zero-order chi connectivity index (χ0) is 21.6. The van der Waals surface area contributed by atoms with Crippen LogP contribution in [0.1, 0.15) is 13.8 Å². The van der Waals surface area contributed by atoms with Crippen LogP contribution in [0, 0.1) is 0 Å². The van der Waals surface area contributed by atoms with E-state index in [1.807, 2.05) is 32.0 Å². The van der Waals surface area contributed by atoms with E-state index >= 15 is 0 Å². The minimum absolute atomic E-state index is 0.0620. The van der Waals surface area contributed by atoms with Crippen molar-refractivity contribution in [2.24, 2.45) is 0 Å². The van der Waals surface area contributed by atoms with Crippen LogP contribution >= 0.6 is 0 Å². The predicted molar refractivity (Wildman–Crippen MR) is 117 cm³/mol. The van der Waals surface area contributed by atoms with E-state index in [9.17, 15) is 13.2 Å². The van der Waals surface area contributed by atoms with Gasteiger partial charge >= 0.3 is 0 Å². The van der Waals surface area contributed by atoms with Crippen LogP contribution < -0.4 is 9.64 Å². The van der Waals surface area contributed by atoms with Gasteiger partial charge in [0.2, 0.25) is 10.0 Å². The maximum absolute atomic E-state index is 12.5. The molecular weight excluding hydrogens is 402 g/mol. The Labute approximate surface area is 178 Å². The summed E-state index contributed by atoms with van der Waals surface area (Å²) in [5, 5.41) is 0. The van der Waals surface area contributed by atoms with Gasteiger partial charge in [-0.2, -0.15) is 4.31 Å². The second-order valence-corrected chi connectivity index (χ2v) is 8.99. The van der Waals surface area contributed by atoms with E-state index in [0.29, 0.717) is 31.9 Å². The van der Waals surface area contributed by atoms with Crippen LogP contribution in [-0.4, -0.2) is 69.4 Å². The first-order chi connectivity index (χ1) is 14.5. The molecule has 1 amide bonds. The fourth-order valence-electron chi connectivity index (χ4n) is 3.51. The molecule has 162 valence electrons. The number of rotatable bonds is 8. The Balaban J connectivity index is 1.51. The zero-order valence-electron chi connectivity index (χ0n) is 17.5. The molecule has 0 radical (unpaired) electrons. The summed E-state index contributed by atoms with van der Waals surface area (Å²) in [4.78, 5) is 16.8. The van der Waals surface area contributed by atoms with Gasteiger partial charge in [0.15, 0.2) is 6.61 Å². The first kappa shape index (κ1) is 22.1. The molecule has 2 aromatic rings. The van der Waals surface area contributed by atoms with Gasteiger partial charge in [0.05, 0.1) is 4.90 Å². The lowest BCUT2D eigenvalue weighted by molar-refractivity contribution is -0.133. The smallest absolute Gasteiger partial charge is 0.260 e. The molecule has 0 spiro atoms. The van der Waals surface area contributed by atoms with Gasteiger partial charge in [-0.25, -0.2) is 8.42 Å². The Hall–Kier alpha value is -2.58. The molecule has 8 heteroatoms.